The van der Waals surface area contributed by atoms with Gasteiger partial charge >= 0.3 is 0 Å². The van der Waals surface area contributed by atoms with Crippen LogP contribution in [0.4, 0.5) is 10.1 Å². The third-order valence-electron chi connectivity index (χ3n) is 5.34. The third kappa shape index (κ3) is 5.03. The number of hydrogen-bond donors (Lipinski definition) is 2. The molecule has 7 heteroatoms. The van der Waals surface area contributed by atoms with Crippen LogP contribution in [0.2, 0.25) is 0 Å². The summed E-state index contributed by atoms with van der Waals surface area (Å²) in [4.78, 5) is 12.6. The van der Waals surface area contributed by atoms with Crippen LogP contribution in [0.15, 0.2) is 35.2 Å². The largest absolute Gasteiger partial charge is 0.321 e. The molecule has 2 aromatic rings. The van der Waals surface area contributed by atoms with Crippen molar-refractivity contribution in [1.82, 2.24) is 4.72 Å². The second-order valence-corrected chi connectivity index (χ2v) is 9.54. The second kappa shape index (κ2) is 8.63. The van der Waals surface area contributed by atoms with Crippen LogP contribution in [0, 0.1) is 26.6 Å². The Bertz CT molecular complexity index is 1010. The van der Waals surface area contributed by atoms with Crippen molar-refractivity contribution in [1.29, 1.82) is 0 Å². The van der Waals surface area contributed by atoms with Gasteiger partial charge in [0.1, 0.15) is 5.82 Å². The molecule has 0 radical (unpaired) electrons. The predicted octanol–water partition coefficient (Wildman–Crippen LogP) is 4.61. The molecule has 1 amide bonds. The number of halogens is 1. The number of carbonyl (C=O) groups excluding carboxylic acids is 1. The molecule has 0 bridgehead atoms. The van der Waals surface area contributed by atoms with Crippen LogP contribution in [-0.2, 0) is 10.0 Å². The first-order valence-electron chi connectivity index (χ1n) is 9.88. The summed E-state index contributed by atoms with van der Waals surface area (Å²) < 4.78 is 42.5. The van der Waals surface area contributed by atoms with Gasteiger partial charge in [0.05, 0.1) is 10.5 Å². The molecule has 0 spiro atoms. The van der Waals surface area contributed by atoms with E-state index in [1.54, 1.807) is 0 Å². The van der Waals surface area contributed by atoms with Crippen molar-refractivity contribution in [2.75, 3.05) is 5.32 Å². The van der Waals surface area contributed by atoms with Gasteiger partial charge in [-0.1, -0.05) is 37.0 Å². The zero-order chi connectivity index (χ0) is 21.2. The van der Waals surface area contributed by atoms with Crippen molar-refractivity contribution >= 4 is 21.6 Å². The number of nitrogens with one attached hydrogen (secondary N) is 2. The zero-order valence-corrected chi connectivity index (χ0v) is 17.8. The van der Waals surface area contributed by atoms with E-state index >= 15 is 0 Å². The summed E-state index contributed by atoms with van der Waals surface area (Å²) in [5.74, 6) is -1.44. The quantitative estimate of drug-likeness (QED) is 0.744. The highest BCUT2D eigenvalue weighted by atomic mass is 32.2. The summed E-state index contributed by atoms with van der Waals surface area (Å²) in [5.41, 5.74) is 3.09. The molecule has 0 unspecified atom stereocenters. The number of anilines is 1. The van der Waals surface area contributed by atoms with E-state index in [0.717, 1.165) is 60.9 Å². The maximum atomic E-state index is 14.4. The van der Waals surface area contributed by atoms with Crippen LogP contribution in [0.1, 0.15) is 59.2 Å². The van der Waals surface area contributed by atoms with Gasteiger partial charge in [0, 0.05) is 11.7 Å². The van der Waals surface area contributed by atoms with E-state index in [9.17, 15) is 17.6 Å². The zero-order valence-electron chi connectivity index (χ0n) is 17.0. The van der Waals surface area contributed by atoms with Gasteiger partial charge in [-0.05, 0) is 62.9 Å². The Hall–Kier alpha value is -2.25. The molecule has 3 rings (SSSR count). The lowest BCUT2D eigenvalue weighted by atomic mass is 9.96. The molecule has 1 aliphatic carbocycles. The summed E-state index contributed by atoms with van der Waals surface area (Å²) in [5, 5.41) is 2.73. The molecular weight excluding hydrogens is 391 g/mol. The van der Waals surface area contributed by atoms with Crippen molar-refractivity contribution in [2.45, 2.75) is 63.8 Å². The molecule has 29 heavy (non-hydrogen) atoms. The number of carbonyl (C=O) groups is 1. The average molecular weight is 419 g/mol. The van der Waals surface area contributed by atoms with Gasteiger partial charge in [0.2, 0.25) is 10.0 Å². The van der Waals surface area contributed by atoms with E-state index in [0.29, 0.717) is 5.69 Å². The summed E-state index contributed by atoms with van der Waals surface area (Å²) >= 11 is 0. The number of sulfonamides is 1. The van der Waals surface area contributed by atoms with Gasteiger partial charge in [-0.2, -0.15) is 0 Å². The molecule has 0 heterocycles. The van der Waals surface area contributed by atoms with E-state index in [-0.39, 0.29) is 16.5 Å². The average Bonchev–Trinajstić information content (AvgIpc) is 2.65. The first-order chi connectivity index (χ1) is 13.7. The lowest BCUT2D eigenvalue weighted by molar-refractivity contribution is 0.102. The minimum atomic E-state index is -3.82. The van der Waals surface area contributed by atoms with E-state index in [4.69, 9.17) is 0 Å². The summed E-state index contributed by atoms with van der Waals surface area (Å²) in [6.07, 6.45) is 4.66. The molecule has 5 nitrogen and oxygen atoms in total. The Labute approximate surface area is 171 Å². The van der Waals surface area contributed by atoms with Gasteiger partial charge in [-0.25, -0.2) is 17.5 Å². The third-order valence-corrected chi connectivity index (χ3v) is 6.85. The summed E-state index contributed by atoms with van der Waals surface area (Å²) in [7, 11) is -3.82. The summed E-state index contributed by atoms with van der Waals surface area (Å²) in [6, 6.07) is 7.06. The molecule has 1 saturated carbocycles. The lowest BCUT2D eigenvalue weighted by Gasteiger charge is -2.22. The van der Waals surface area contributed by atoms with Crippen molar-refractivity contribution in [3.8, 4) is 0 Å². The van der Waals surface area contributed by atoms with Crippen molar-refractivity contribution < 1.29 is 17.6 Å². The van der Waals surface area contributed by atoms with E-state index < -0.39 is 21.7 Å². The normalized spacial score (nSPS) is 15.3. The van der Waals surface area contributed by atoms with Gasteiger partial charge in [-0.3, -0.25) is 4.79 Å². The van der Waals surface area contributed by atoms with Crippen molar-refractivity contribution in [2.24, 2.45) is 0 Å². The number of amides is 1. The topological polar surface area (TPSA) is 75.3 Å². The fourth-order valence-corrected chi connectivity index (χ4v) is 5.24. The van der Waals surface area contributed by atoms with Gasteiger partial charge < -0.3 is 5.32 Å². The molecule has 0 saturated heterocycles. The van der Waals surface area contributed by atoms with Crippen LogP contribution in [0.5, 0.6) is 0 Å². The fourth-order valence-electron chi connectivity index (χ4n) is 3.91. The number of benzene rings is 2. The maximum absolute atomic E-state index is 14.4. The maximum Gasteiger partial charge on any atom is 0.258 e. The minimum absolute atomic E-state index is 0.105. The standard InChI is InChI=1S/C22H27FN2O3S/c1-14-11-15(2)21(16(3)12-14)24-22(26)19-13-18(9-10-20(19)23)29(27,28)25-17-7-5-4-6-8-17/h9-13,17,25H,4-8H2,1-3H3,(H,24,26). The molecule has 1 fully saturated rings. The van der Waals surface area contributed by atoms with Crippen molar-refractivity contribution in [3.05, 3.63) is 58.4 Å². The highest BCUT2D eigenvalue weighted by Crippen LogP contribution is 2.25. The van der Waals surface area contributed by atoms with E-state index in [1.165, 1.54) is 6.07 Å². The Balaban J connectivity index is 1.86. The second-order valence-electron chi connectivity index (χ2n) is 7.83. The van der Waals surface area contributed by atoms with Crippen LogP contribution in [0.25, 0.3) is 0 Å². The molecule has 0 aliphatic heterocycles. The first kappa shape index (κ1) is 21.5. The van der Waals surface area contributed by atoms with Crippen LogP contribution >= 0.6 is 0 Å². The van der Waals surface area contributed by atoms with Crippen LogP contribution < -0.4 is 10.0 Å². The van der Waals surface area contributed by atoms with Gasteiger partial charge in [-0.15, -0.1) is 0 Å². The van der Waals surface area contributed by atoms with Gasteiger partial charge in [0.15, 0.2) is 0 Å². The molecule has 0 atom stereocenters. The summed E-state index contributed by atoms with van der Waals surface area (Å²) in [6.45, 7) is 5.68. The van der Waals surface area contributed by atoms with Crippen LogP contribution in [0.3, 0.4) is 0 Å². The minimum Gasteiger partial charge on any atom is -0.321 e. The Morgan fingerprint density at radius 1 is 1.00 bits per heavy atom. The highest BCUT2D eigenvalue weighted by molar-refractivity contribution is 7.89. The monoisotopic (exact) mass is 418 g/mol. The first-order valence-corrected chi connectivity index (χ1v) is 11.4. The van der Waals surface area contributed by atoms with Gasteiger partial charge in [0.25, 0.3) is 5.91 Å². The lowest BCUT2D eigenvalue weighted by Crippen LogP contribution is -2.36. The number of rotatable bonds is 5. The highest BCUT2D eigenvalue weighted by Gasteiger charge is 2.24. The number of hydrogen-bond acceptors (Lipinski definition) is 3. The molecule has 1 aliphatic rings. The number of aryl methyl sites for hydroxylation is 3. The Kier molecular flexibility index (Phi) is 6.39. The van der Waals surface area contributed by atoms with E-state index in [1.807, 2.05) is 32.9 Å². The molecule has 2 aromatic carbocycles. The molecule has 156 valence electrons. The van der Waals surface area contributed by atoms with Crippen LogP contribution in [-0.4, -0.2) is 20.4 Å². The van der Waals surface area contributed by atoms with E-state index in [2.05, 4.69) is 10.0 Å². The molecule has 0 aromatic heterocycles. The molecular formula is C22H27FN2O3S. The Morgan fingerprint density at radius 3 is 2.24 bits per heavy atom. The SMILES string of the molecule is Cc1cc(C)c(NC(=O)c2cc(S(=O)(=O)NC3CCCCC3)ccc2F)c(C)c1. The van der Waals surface area contributed by atoms with Crippen molar-refractivity contribution in [3.63, 3.8) is 0 Å². The molecule has 2 N–H and O–H groups in total. The Morgan fingerprint density at radius 2 is 1.62 bits per heavy atom. The smallest absolute Gasteiger partial charge is 0.258 e. The fraction of sp³-hybridized carbons (Fsp3) is 0.409. The predicted molar refractivity (Wildman–Crippen MR) is 112 cm³/mol.